The van der Waals surface area contributed by atoms with Crippen molar-refractivity contribution in [3.63, 3.8) is 0 Å². The second-order valence-electron chi connectivity index (χ2n) is 10.0. The van der Waals surface area contributed by atoms with Crippen molar-refractivity contribution in [3.05, 3.63) is 47.3 Å². The molecule has 5 rings (SSSR count). The number of likely N-dealkylation sites (N-methyl/N-ethyl adjacent to an activating group) is 1. The first-order chi connectivity index (χ1) is 18.1. The Bertz CT molecular complexity index is 1290. The van der Waals surface area contributed by atoms with E-state index >= 15 is 4.39 Å². The number of halogens is 2. The number of aromatic hydroxyl groups is 1. The van der Waals surface area contributed by atoms with Crippen molar-refractivity contribution in [1.82, 2.24) is 19.7 Å². The van der Waals surface area contributed by atoms with Crippen molar-refractivity contribution in [2.45, 2.75) is 32.0 Å². The van der Waals surface area contributed by atoms with Crippen molar-refractivity contribution in [1.29, 1.82) is 0 Å². The number of hydrogen-bond acceptors (Lipinski definition) is 7. The van der Waals surface area contributed by atoms with Gasteiger partial charge in [-0.15, -0.1) is 0 Å². The summed E-state index contributed by atoms with van der Waals surface area (Å²) < 4.78 is 21.2. The highest BCUT2D eigenvalue weighted by molar-refractivity contribution is 6.35. The summed E-state index contributed by atoms with van der Waals surface area (Å²) in [6.45, 7) is 10.1. The highest BCUT2D eigenvalue weighted by Gasteiger charge is 2.42. The molecule has 38 heavy (non-hydrogen) atoms. The van der Waals surface area contributed by atoms with Gasteiger partial charge in [-0.2, -0.15) is 0 Å². The Labute approximate surface area is 226 Å². The summed E-state index contributed by atoms with van der Waals surface area (Å²) in [5.41, 5.74) is 0.0623. The molecule has 1 aromatic heterocycles. The topological polar surface area (TPSA) is 89.5 Å². The van der Waals surface area contributed by atoms with Gasteiger partial charge in [0.2, 0.25) is 5.91 Å². The molecular weight excluding hydrogens is 513 g/mol. The standard InChI is InChI=1S/C27H31ClFN5O4/c1-5-20(36)32-10-12-34-17(13-32)14-38-25-22(27(34)37)26(33-11-9-31(4)15(2)16(33)3)30-24(23(25)28)21-18(29)7-6-8-19(21)35/h5-8,15-17,35H,1,9-14H2,2-4H3/t15-,16+,17-/m1/s1. The molecule has 0 saturated carbocycles. The lowest BCUT2D eigenvalue weighted by atomic mass is 10.0. The minimum absolute atomic E-state index is 0.00549. The summed E-state index contributed by atoms with van der Waals surface area (Å²) in [5.74, 6) is -1.08. The van der Waals surface area contributed by atoms with Crippen LogP contribution in [0.15, 0.2) is 30.9 Å². The van der Waals surface area contributed by atoms with Gasteiger partial charge in [-0.25, -0.2) is 9.37 Å². The molecule has 1 N–H and O–H groups in total. The van der Waals surface area contributed by atoms with E-state index in [0.29, 0.717) is 25.5 Å². The van der Waals surface area contributed by atoms with Crippen molar-refractivity contribution >= 4 is 29.2 Å². The molecule has 11 heteroatoms. The number of fused-ring (bicyclic) bond motifs is 2. The smallest absolute Gasteiger partial charge is 0.261 e. The van der Waals surface area contributed by atoms with Crippen LogP contribution in [0.2, 0.25) is 5.02 Å². The molecule has 3 aliphatic heterocycles. The van der Waals surface area contributed by atoms with E-state index in [2.05, 4.69) is 18.4 Å². The number of phenolic OH excluding ortho intramolecular Hbond substituents is 1. The van der Waals surface area contributed by atoms with Gasteiger partial charge in [-0.1, -0.05) is 24.2 Å². The van der Waals surface area contributed by atoms with Crippen LogP contribution in [0, 0.1) is 5.82 Å². The monoisotopic (exact) mass is 543 g/mol. The number of aromatic nitrogens is 1. The van der Waals surface area contributed by atoms with E-state index < -0.39 is 11.9 Å². The summed E-state index contributed by atoms with van der Waals surface area (Å²) in [5, 5.41) is 10.5. The van der Waals surface area contributed by atoms with Gasteiger partial charge in [0.15, 0.2) is 5.75 Å². The fraction of sp³-hybridized carbons (Fsp3) is 0.444. The molecule has 3 atom stereocenters. The fourth-order valence-corrected chi connectivity index (χ4v) is 5.78. The van der Waals surface area contributed by atoms with Crippen molar-refractivity contribution in [2.75, 3.05) is 51.3 Å². The number of benzene rings is 1. The zero-order chi connectivity index (χ0) is 27.3. The number of ether oxygens (including phenoxy) is 1. The third-order valence-electron chi connectivity index (χ3n) is 8.02. The van der Waals surface area contributed by atoms with Gasteiger partial charge in [-0.05, 0) is 39.1 Å². The number of carbonyl (C=O) groups is 2. The molecule has 0 spiro atoms. The van der Waals surface area contributed by atoms with E-state index in [9.17, 15) is 14.7 Å². The highest BCUT2D eigenvalue weighted by Crippen LogP contribution is 2.46. The van der Waals surface area contributed by atoms with E-state index in [0.717, 1.165) is 6.54 Å². The Hall–Kier alpha value is -3.37. The van der Waals surface area contributed by atoms with E-state index in [1.807, 2.05) is 18.9 Å². The van der Waals surface area contributed by atoms with Gasteiger partial charge in [0, 0.05) is 44.8 Å². The van der Waals surface area contributed by atoms with E-state index in [-0.39, 0.29) is 70.4 Å². The maximum Gasteiger partial charge on any atom is 0.261 e. The molecule has 2 amide bonds. The molecule has 4 heterocycles. The van der Waals surface area contributed by atoms with Crippen LogP contribution in [0.4, 0.5) is 10.2 Å². The van der Waals surface area contributed by atoms with Gasteiger partial charge in [0.25, 0.3) is 5.91 Å². The number of carbonyl (C=O) groups excluding carboxylic acids is 2. The average Bonchev–Trinajstić information content (AvgIpc) is 3.05. The highest BCUT2D eigenvalue weighted by atomic mass is 35.5. The van der Waals surface area contributed by atoms with E-state index in [1.165, 1.54) is 24.3 Å². The van der Waals surface area contributed by atoms with E-state index in [4.69, 9.17) is 21.3 Å². The zero-order valence-corrected chi connectivity index (χ0v) is 22.4. The van der Waals surface area contributed by atoms with Crippen molar-refractivity contribution in [2.24, 2.45) is 0 Å². The van der Waals surface area contributed by atoms with Crippen molar-refractivity contribution in [3.8, 4) is 22.8 Å². The third-order valence-corrected chi connectivity index (χ3v) is 8.37. The molecule has 0 radical (unpaired) electrons. The van der Waals surface area contributed by atoms with Crippen LogP contribution in [0.5, 0.6) is 11.5 Å². The molecule has 0 bridgehead atoms. The zero-order valence-electron chi connectivity index (χ0n) is 21.7. The van der Waals surface area contributed by atoms with Crippen LogP contribution in [0.1, 0.15) is 24.2 Å². The largest absolute Gasteiger partial charge is 0.507 e. The molecule has 2 fully saturated rings. The minimum Gasteiger partial charge on any atom is -0.507 e. The first kappa shape index (κ1) is 26.2. The van der Waals surface area contributed by atoms with Crippen molar-refractivity contribution < 1.29 is 23.8 Å². The number of rotatable bonds is 3. The number of pyridine rings is 1. The quantitative estimate of drug-likeness (QED) is 0.595. The van der Waals surface area contributed by atoms with Crippen LogP contribution in [-0.2, 0) is 4.79 Å². The maximum absolute atomic E-state index is 15.0. The SMILES string of the molecule is C=CC(=O)N1CCN2C(=O)c3c(N4CCN(C)[C@H](C)[C@@H]4C)nc(-c4c(O)cccc4F)c(Cl)c3OC[C@H]2C1. The number of nitrogens with zero attached hydrogens (tertiary/aromatic N) is 5. The molecule has 9 nitrogen and oxygen atoms in total. The molecule has 0 aliphatic carbocycles. The summed E-state index contributed by atoms with van der Waals surface area (Å²) in [6.07, 6.45) is 1.26. The van der Waals surface area contributed by atoms with Crippen LogP contribution < -0.4 is 9.64 Å². The number of hydrogen-bond donors (Lipinski definition) is 1. The lowest BCUT2D eigenvalue weighted by Crippen LogP contribution is -2.58. The Balaban J connectivity index is 1.68. The molecule has 0 unspecified atom stereocenters. The van der Waals surface area contributed by atoms with Gasteiger partial charge < -0.3 is 24.5 Å². The van der Waals surface area contributed by atoms with Gasteiger partial charge in [0.05, 0.1) is 11.6 Å². The number of amides is 2. The fourth-order valence-electron chi connectivity index (χ4n) is 5.50. The minimum atomic E-state index is -0.693. The molecule has 2 saturated heterocycles. The second-order valence-corrected chi connectivity index (χ2v) is 10.4. The predicted octanol–water partition coefficient (Wildman–Crippen LogP) is 3.01. The van der Waals surface area contributed by atoms with Gasteiger partial charge in [0.1, 0.15) is 40.3 Å². The molecule has 1 aromatic carbocycles. The third kappa shape index (κ3) is 4.25. The van der Waals surface area contributed by atoms with E-state index in [1.54, 1.807) is 9.80 Å². The first-order valence-electron chi connectivity index (χ1n) is 12.7. The Kier molecular flexibility index (Phi) is 6.96. The maximum atomic E-state index is 15.0. The average molecular weight is 544 g/mol. The number of phenols is 1. The van der Waals surface area contributed by atoms with Crippen LogP contribution in [0.3, 0.4) is 0 Å². The van der Waals surface area contributed by atoms with Crippen LogP contribution >= 0.6 is 11.6 Å². The number of piperazine rings is 2. The lowest BCUT2D eigenvalue weighted by molar-refractivity contribution is -0.128. The summed E-state index contributed by atoms with van der Waals surface area (Å²) >= 11 is 6.80. The van der Waals surface area contributed by atoms with Gasteiger partial charge in [-0.3, -0.25) is 14.5 Å². The molecule has 3 aliphatic rings. The Morgan fingerprint density at radius 2 is 1.92 bits per heavy atom. The van der Waals surface area contributed by atoms with Crippen LogP contribution in [0.25, 0.3) is 11.3 Å². The summed E-state index contributed by atoms with van der Waals surface area (Å²) in [4.78, 5) is 38.7. The molecular formula is C27H31ClFN5O4. The number of anilines is 1. The van der Waals surface area contributed by atoms with Crippen LogP contribution in [-0.4, -0.2) is 101 Å². The molecule has 202 valence electrons. The second kappa shape index (κ2) is 10.1. The molecule has 2 aromatic rings. The lowest BCUT2D eigenvalue weighted by Gasteiger charge is -2.45. The summed E-state index contributed by atoms with van der Waals surface area (Å²) in [6, 6.07) is 3.67. The Morgan fingerprint density at radius 1 is 1.18 bits per heavy atom. The Morgan fingerprint density at radius 3 is 2.63 bits per heavy atom. The summed E-state index contributed by atoms with van der Waals surface area (Å²) in [7, 11) is 2.04. The van der Waals surface area contributed by atoms with Gasteiger partial charge >= 0.3 is 0 Å². The predicted molar refractivity (Wildman–Crippen MR) is 142 cm³/mol. The normalized spacial score (nSPS) is 23.9. The first-order valence-corrected chi connectivity index (χ1v) is 13.0.